The highest BCUT2D eigenvalue weighted by Gasteiger charge is 2.16. The predicted octanol–water partition coefficient (Wildman–Crippen LogP) is 1.24. The molecule has 0 atom stereocenters. The number of aliphatic hydroxyl groups is 1. The molecule has 1 rings (SSSR count). The fourth-order valence-corrected chi connectivity index (χ4v) is 1.44. The fraction of sp³-hybridized carbons (Fsp3) is 1.00. The second-order valence-corrected chi connectivity index (χ2v) is 4.11. The van der Waals surface area contributed by atoms with E-state index in [4.69, 9.17) is 0 Å². The maximum atomic E-state index is 9.45. The molecule has 66 valence electrons. The Morgan fingerprint density at radius 1 is 1.27 bits per heavy atom. The molecular weight excluding hydrogens is 138 g/mol. The molecule has 0 aromatic carbocycles. The second-order valence-electron chi connectivity index (χ2n) is 4.11. The summed E-state index contributed by atoms with van der Waals surface area (Å²) in [6.45, 7) is 7.28. The van der Waals surface area contributed by atoms with Gasteiger partial charge in [0.15, 0.2) is 0 Å². The molecule has 0 aliphatic carbocycles. The van der Waals surface area contributed by atoms with Gasteiger partial charge in [-0.15, -0.1) is 0 Å². The first-order chi connectivity index (χ1) is 5.08. The van der Waals surface area contributed by atoms with Crippen LogP contribution in [0.25, 0.3) is 0 Å². The Morgan fingerprint density at radius 3 is 2.27 bits per heavy atom. The Kier molecular flexibility index (Phi) is 2.90. The molecule has 2 nitrogen and oxygen atoms in total. The summed E-state index contributed by atoms with van der Waals surface area (Å²) in [4.78, 5) is 2.43. The van der Waals surface area contributed by atoms with Crippen molar-refractivity contribution in [3.63, 3.8) is 0 Å². The molecule has 1 fully saturated rings. The molecule has 1 saturated heterocycles. The molecule has 0 radical (unpaired) electrons. The van der Waals surface area contributed by atoms with Crippen LogP contribution in [0, 0.1) is 0 Å². The van der Waals surface area contributed by atoms with E-state index < -0.39 is 5.60 Å². The van der Waals surface area contributed by atoms with Crippen molar-refractivity contribution in [2.45, 2.75) is 38.7 Å². The van der Waals surface area contributed by atoms with E-state index in [-0.39, 0.29) is 0 Å². The lowest BCUT2D eigenvalue weighted by Crippen LogP contribution is -2.28. The molecule has 0 aromatic rings. The maximum Gasteiger partial charge on any atom is 0.0603 e. The lowest BCUT2D eigenvalue weighted by atomic mass is 10.1. The summed E-state index contributed by atoms with van der Waals surface area (Å²) in [5, 5.41) is 9.45. The van der Waals surface area contributed by atoms with Crippen LogP contribution in [0.5, 0.6) is 0 Å². The van der Waals surface area contributed by atoms with Crippen molar-refractivity contribution >= 4 is 0 Å². The SMILES string of the molecule is CC(C)(O)CCN1CCCC1. The van der Waals surface area contributed by atoms with Gasteiger partial charge in [-0.25, -0.2) is 0 Å². The van der Waals surface area contributed by atoms with Crippen LogP contribution in [0.2, 0.25) is 0 Å². The highest BCUT2D eigenvalue weighted by molar-refractivity contribution is 4.71. The third kappa shape index (κ3) is 3.73. The molecule has 0 unspecified atom stereocenters. The Bertz CT molecular complexity index is 111. The third-order valence-corrected chi connectivity index (χ3v) is 2.24. The Morgan fingerprint density at radius 2 is 1.82 bits per heavy atom. The van der Waals surface area contributed by atoms with E-state index in [1.54, 1.807) is 0 Å². The van der Waals surface area contributed by atoms with Crippen LogP contribution in [0.4, 0.5) is 0 Å². The maximum absolute atomic E-state index is 9.45. The molecule has 0 aromatic heterocycles. The van der Waals surface area contributed by atoms with E-state index in [9.17, 15) is 5.11 Å². The monoisotopic (exact) mass is 157 g/mol. The van der Waals surface area contributed by atoms with E-state index in [1.165, 1.54) is 25.9 Å². The van der Waals surface area contributed by atoms with Gasteiger partial charge in [-0.1, -0.05) is 0 Å². The summed E-state index contributed by atoms with van der Waals surface area (Å²) in [6.07, 6.45) is 3.57. The van der Waals surface area contributed by atoms with E-state index in [1.807, 2.05) is 13.8 Å². The van der Waals surface area contributed by atoms with Crippen molar-refractivity contribution in [3.8, 4) is 0 Å². The second kappa shape index (κ2) is 3.55. The third-order valence-electron chi connectivity index (χ3n) is 2.24. The summed E-state index contributed by atoms with van der Waals surface area (Å²) in [5.41, 5.74) is -0.484. The summed E-state index contributed by atoms with van der Waals surface area (Å²) >= 11 is 0. The summed E-state index contributed by atoms with van der Waals surface area (Å²) in [6, 6.07) is 0. The number of likely N-dealkylation sites (tertiary alicyclic amines) is 1. The smallest absolute Gasteiger partial charge is 0.0603 e. The molecule has 1 aliphatic rings. The summed E-state index contributed by atoms with van der Waals surface area (Å²) in [7, 11) is 0. The Balaban J connectivity index is 2.11. The van der Waals surface area contributed by atoms with Gasteiger partial charge in [0, 0.05) is 6.54 Å². The first-order valence-corrected chi connectivity index (χ1v) is 4.53. The van der Waals surface area contributed by atoms with Crippen molar-refractivity contribution in [1.82, 2.24) is 4.90 Å². The molecule has 1 heterocycles. The van der Waals surface area contributed by atoms with E-state index in [0.29, 0.717) is 0 Å². The molecule has 0 bridgehead atoms. The predicted molar refractivity (Wildman–Crippen MR) is 46.6 cm³/mol. The first-order valence-electron chi connectivity index (χ1n) is 4.53. The van der Waals surface area contributed by atoms with Crippen molar-refractivity contribution in [2.24, 2.45) is 0 Å². The van der Waals surface area contributed by atoms with Gasteiger partial charge in [0.05, 0.1) is 5.60 Å². The molecular formula is C9H19NO. The van der Waals surface area contributed by atoms with Gasteiger partial charge in [-0.05, 0) is 46.2 Å². The normalized spacial score (nSPS) is 21.0. The molecule has 0 saturated carbocycles. The van der Waals surface area contributed by atoms with Gasteiger partial charge in [-0.2, -0.15) is 0 Å². The van der Waals surface area contributed by atoms with Crippen molar-refractivity contribution in [2.75, 3.05) is 19.6 Å². The van der Waals surface area contributed by atoms with Crippen LogP contribution in [-0.2, 0) is 0 Å². The number of rotatable bonds is 3. The van der Waals surface area contributed by atoms with Crippen LogP contribution in [0.3, 0.4) is 0 Å². The van der Waals surface area contributed by atoms with E-state index >= 15 is 0 Å². The highest BCUT2D eigenvalue weighted by atomic mass is 16.3. The Hall–Kier alpha value is -0.0800. The fourth-order valence-electron chi connectivity index (χ4n) is 1.44. The zero-order valence-electron chi connectivity index (χ0n) is 7.64. The standard InChI is InChI=1S/C9H19NO/c1-9(2,11)5-8-10-6-3-4-7-10/h11H,3-8H2,1-2H3. The topological polar surface area (TPSA) is 23.5 Å². The lowest BCUT2D eigenvalue weighted by Gasteiger charge is -2.21. The van der Waals surface area contributed by atoms with E-state index in [2.05, 4.69) is 4.90 Å². The lowest BCUT2D eigenvalue weighted by molar-refractivity contribution is 0.0605. The van der Waals surface area contributed by atoms with Crippen LogP contribution >= 0.6 is 0 Å². The van der Waals surface area contributed by atoms with Crippen LogP contribution in [-0.4, -0.2) is 35.2 Å². The van der Waals surface area contributed by atoms with Gasteiger partial charge in [0.1, 0.15) is 0 Å². The molecule has 1 N–H and O–H groups in total. The quantitative estimate of drug-likeness (QED) is 0.666. The largest absolute Gasteiger partial charge is 0.390 e. The van der Waals surface area contributed by atoms with Crippen LogP contribution in [0.15, 0.2) is 0 Å². The minimum Gasteiger partial charge on any atom is -0.390 e. The summed E-state index contributed by atoms with van der Waals surface area (Å²) < 4.78 is 0. The minimum absolute atomic E-state index is 0.484. The molecule has 0 spiro atoms. The average molecular weight is 157 g/mol. The molecule has 11 heavy (non-hydrogen) atoms. The first kappa shape index (κ1) is 9.01. The van der Waals surface area contributed by atoms with Gasteiger partial charge < -0.3 is 10.0 Å². The highest BCUT2D eigenvalue weighted by Crippen LogP contribution is 2.12. The molecule has 1 aliphatic heterocycles. The number of hydrogen-bond acceptors (Lipinski definition) is 2. The van der Waals surface area contributed by atoms with Crippen molar-refractivity contribution in [1.29, 1.82) is 0 Å². The molecule has 2 heteroatoms. The zero-order chi connectivity index (χ0) is 8.32. The van der Waals surface area contributed by atoms with Crippen LogP contribution < -0.4 is 0 Å². The Labute approximate surface area is 69.2 Å². The van der Waals surface area contributed by atoms with Gasteiger partial charge in [0.25, 0.3) is 0 Å². The van der Waals surface area contributed by atoms with Crippen molar-refractivity contribution < 1.29 is 5.11 Å². The molecule has 0 amide bonds. The summed E-state index contributed by atoms with van der Waals surface area (Å²) in [5.74, 6) is 0. The van der Waals surface area contributed by atoms with Gasteiger partial charge >= 0.3 is 0 Å². The van der Waals surface area contributed by atoms with E-state index in [0.717, 1.165) is 13.0 Å². The van der Waals surface area contributed by atoms with Crippen molar-refractivity contribution in [3.05, 3.63) is 0 Å². The zero-order valence-corrected chi connectivity index (χ0v) is 7.64. The van der Waals surface area contributed by atoms with Gasteiger partial charge in [0.2, 0.25) is 0 Å². The number of hydrogen-bond donors (Lipinski definition) is 1. The van der Waals surface area contributed by atoms with Crippen LogP contribution in [0.1, 0.15) is 33.1 Å². The minimum atomic E-state index is -0.484. The van der Waals surface area contributed by atoms with Gasteiger partial charge in [-0.3, -0.25) is 0 Å². The average Bonchev–Trinajstić information content (AvgIpc) is 2.32. The number of nitrogens with zero attached hydrogens (tertiary/aromatic N) is 1.